The number of rotatable bonds is 4. The van der Waals surface area contributed by atoms with E-state index in [1.165, 1.54) is 26.0 Å². The number of ether oxygens (including phenoxy) is 2. The van der Waals surface area contributed by atoms with E-state index in [0.717, 1.165) is 11.4 Å². The van der Waals surface area contributed by atoms with Gasteiger partial charge in [-0.25, -0.2) is 8.42 Å². The number of anilines is 1. The number of hydrogen-bond acceptors (Lipinski definition) is 5. The predicted molar refractivity (Wildman–Crippen MR) is 119 cm³/mol. The van der Waals surface area contributed by atoms with Crippen molar-refractivity contribution in [3.8, 4) is 17.2 Å². The predicted octanol–water partition coefficient (Wildman–Crippen LogP) is 3.60. The fraction of sp³-hybridized carbons (Fsp3) is 0.304. The summed E-state index contributed by atoms with van der Waals surface area (Å²) in [5.41, 5.74) is 3.05. The first kappa shape index (κ1) is 20.0. The maximum absolute atomic E-state index is 13.5. The van der Waals surface area contributed by atoms with Gasteiger partial charge in [-0.05, 0) is 49.2 Å². The molecular formula is C23H25N3O4S. The Labute approximate surface area is 182 Å². The van der Waals surface area contributed by atoms with Crippen molar-refractivity contribution in [2.24, 2.45) is 0 Å². The maximum atomic E-state index is 13.5. The number of hydrogen-bond donors (Lipinski definition) is 1. The summed E-state index contributed by atoms with van der Waals surface area (Å²) < 4.78 is 41.3. The van der Waals surface area contributed by atoms with Crippen LogP contribution in [0, 0.1) is 0 Å². The Hall–Kier alpha value is -2.97. The lowest BCUT2D eigenvalue weighted by atomic mass is 9.83. The second kappa shape index (κ2) is 7.32. The van der Waals surface area contributed by atoms with Gasteiger partial charge < -0.3 is 19.4 Å². The molecule has 0 unspecified atom stereocenters. The molecular weight excluding hydrogens is 414 g/mol. The first-order valence-corrected chi connectivity index (χ1v) is 11.7. The third-order valence-corrected chi connectivity index (χ3v) is 8.26. The van der Waals surface area contributed by atoms with Crippen LogP contribution in [0.25, 0.3) is 5.69 Å². The molecule has 2 aromatic carbocycles. The highest BCUT2D eigenvalue weighted by atomic mass is 32.2. The quantitative estimate of drug-likeness (QED) is 0.673. The van der Waals surface area contributed by atoms with Crippen LogP contribution in [0.2, 0.25) is 0 Å². The van der Waals surface area contributed by atoms with Gasteiger partial charge in [0.05, 0.1) is 31.1 Å². The lowest BCUT2D eigenvalue weighted by Gasteiger charge is -2.45. The van der Waals surface area contributed by atoms with E-state index in [9.17, 15) is 8.42 Å². The number of aromatic nitrogens is 1. The minimum absolute atomic E-state index is 0.135. The first-order chi connectivity index (χ1) is 15.0. The molecule has 7 nitrogen and oxygen atoms in total. The molecule has 162 valence electrons. The molecule has 8 heteroatoms. The fourth-order valence-corrected chi connectivity index (χ4v) is 6.32. The summed E-state index contributed by atoms with van der Waals surface area (Å²) in [6.07, 6.45) is 3.40. The highest BCUT2D eigenvalue weighted by Crippen LogP contribution is 2.44. The Balaban J connectivity index is 1.45. The van der Waals surface area contributed by atoms with Crippen LogP contribution >= 0.6 is 0 Å². The van der Waals surface area contributed by atoms with E-state index in [1.54, 1.807) is 16.4 Å². The van der Waals surface area contributed by atoms with Gasteiger partial charge in [0.1, 0.15) is 16.4 Å². The van der Waals surface area contributed by atoms with Gasteiger partial charge in [0.15, 0.2) is 0 Å². The number of piperidine rings is 1. The van der Waals surface area contributed by atoms with Crippen molar-refractivity contribution in [2.45, 2.75) is 23.3 Å². The molecule has 3 aromatic rings. The molecule has 1 aromatic heterocycles. The SMILES string of the molecule is COc1ccc(OC)c(S(=O)(=O)N2CCC3(CC2)Nc2ccccc2-n2cccc23)c1. The molecule has 3 heterocycles. The van der Waals surface area contributed by atoms with Gasteiger partial charge in [-0.1, -0.05) is 12.1 Å². The lowest BCUT2D eigenvalue weighted by Crippen LogP contribution is -2.51. The molecule has 0 bridgehead atoms. The molecule has 0 amide bonds. The third-order valence-electron chi connectivity index (χ3n) is 6.34. The normalized spacial score (nSPS) is 17.5. The Morgan fingerprint density at radius 1 is 0.968 bits per heavy atom. The van der Waals surface area contributed by atoms with Crippen LogP contribution in [0.1, 0.15) is 18.5 Å². The first-order valence-electron chi connectivity index (χ1n) is 10.3. The van der Waals surface area contributed by atoms with Gasteiger partial charge in [0.2, 0.25) is 10.0 Å². The van der Waals surface area contributed by atoms with Gasteiger partial charge >= 0.3 is 0 Å². The van der Waals surface area contributed by atoms with Crippen molar-refractivity contribution in [3.05, 3.63) is 66.5 Å². The summed E-state index contributed by atoms with van der Waals surface area (Å²) >= 11 is 0. The van der Waals surface area contributed by atoms with E-state index < -0.39 is 10.0 Å². The average Bonchev–Trinajstić information content (AvgIpc) is 3.30. The molecule has 2 aliphatic rings. The van der Waals surface area contributed by atoms with Crippen LogP contribution in [0.3, 0.4) is 0 Å². The largest absolute Gasteiger partial charge is 0.497 e. The van der Waals surface area contributed by atoms with Gasteiger partial charge in [0.25, 0.3) is 0 Å². The standard InChI is InChI=1S/C23H25N3O4S/c1-29-17-9-10-20(30-2)21(16-17)31(27,28)25-14-11-23(12-15-25)22-8-5-13-26(22)19-7-4-3-6-18(19)24-23/h3-10,13,16,24H,11-12,14-15H2,1-2H3. The van der Waals surface area contributed by atoms with Crippen LogP contribution in [0.15, 0.2) is 65.7 Å². The van der Waals surface area contributed by atoms with Gasteiger partial charge in [-0.2, -0.15) is 4.31 Å². The second-order valence-electron chi connectivity index (χ2n) is 7.91. The number of para-hydroxylation sites is 2. The van der Waals surface area contributed by atoms with Crippen molar-refractivity contribution in [1.82, 2.24) is 8.87 Å². The summed E-state index contributed by atoms with van der Waals surface area (Å²) in [6.45, 7) is 0.812. The minimum atomic E-state index is -3.72. The van der Waals surface area contributed by atoms with Crippen molar-refractivity contribution in [1.29, 1.82) is 0 Å². The summed E-state index contributed by atoms with van der Waals surface area (Å²) in [4.78, 5) is 0.135. The van der Waals surface area contributed by atoms with Gasteiger partial charge in [-0.3, -0.25) is 0 Å². The van der Waals surface area contributed by atoms with Crippen molar-refractivity contribution >= 4 is 15.7 Å². The number of methoxy groups -OCH3 is 2. The minimum Gasteiger partial charge on any atom is -0.497 e. The Morgan fingerprint density at radius 3 is 2.48 bits per heavy atom. The number of nitrogens with zero attached hydrogens (tertiary/aromatic N) is 2. The fourth-order valence-electron chi connectivity index (χ4n) is 4.71. The third kappa shape index (κ3) is 3.09. The monoisotopic (exact) mass is 439 g/mol. The highest BCUT2D eigenvalue weighted by molar-refractivity contribution is 7.89. The van der Waals surface area contributed by atoms with Crippen LogP contribution < -0.4 is 14.8 Å². The van der Waals surface area contributed by atoms with E-state index in [4.69, 9.17) is 9.47 Å². The average molecular weight is 440 g/mol. The Kier molecular flexibility index (Phi) is 4.71. The smallest absolute Gasteiger partial charge is 0.246 e. The summed E-state index contributed by atoms with van der Waals surface area (Å²) in [5.74, 6) is 0.802. The van der Waals surface area contributed by atoms with Crippen LogP contribution in [-0.4, -0.2) is 44.6 Å². The molecule has 5 rings (SSSR count). The number of benzene rings is 2. The summed E-state index contributed by atoms with van der Waals surface area (Å²) in [5, 5.41) is 3.72. The zero-order valence-electron chi connectivity index (χ0n) is 17.5. The number of sulfonamides is 1. The Morgan fingerprint density at radius 2 is 1.74 bits per heavy atom. The summed E-state index contributed by atoms with van der Waals surface area (Å²) in [6, 6.07) is 17.2. The zero-order chi connectivity index (χ0) is 21.6. The molecule has 1 spiro atoms. The molecule has 31 heavy (non-hydrogen) atoms. The van der Waals surface area contributed by atoms with E-state index in [2.05, 4.69) is 34.3 Å². The van der Waals surface area contributed by atoms with Gasteiger partial charge in [0, 0.05) is 31.0 Å². The highest BCUT2D eigenvalue weighted by Gasteiger charge is 2.44. The molecule has 0 atom stereocenters. The van der Waals surface area contributed by atoms with Crippen molar-refractivity contribution in [3.63, 3.8) is 0 Å². The van der Waals surface area contributed by atoms with Crippen LogP contribution in [0.5, 0.6) is 11.5 Å². The molecule has 2 aliphatic heterocycles. The van der Waals surface area contributed by atoms with Crippen molar-refractivity contribution in [2.75, 3.05) is 32.6 Å². The molecule has 0 saturated carbocycles. The van der Waals surface area contributed by atoms with Gasteiger partial charge in [-0.15, -0.1) is 0 Å². The molecule has 0 aliphatic carbocycles. The van der Waals surface area contributed by atoms with Crippen LogP contribution in [-0.2, 0) is 15.6 Å². The van der Waals surface area contributed by atoms with E-state index in [1.807, 2.05) is 18.2 Å². The Bertz CT molecular complexity index is 1230. The topological polar surface area (TPSA) is 72.8 Å². The van der Waals surface area contributed by atoms with Crippen molar-refractivity contribution < 1.29 is 17.9 Å². The van der Waals surface area contributed by atoms with Crippen LogP contribution in [0.4, 0.5) is 5.69 Å². The molecule has 1 N–H and O–H groups in total. The van der Waals surface area contributed by atoms with E-state index >= 15 is 0 Å². The second-order valence-corrected chi connectivity index (χ2v) is 9.81. The number of nitrogens with one attached hydrogen (secondary N) is 1. The summed E-state index contributed by atoms with van der Waals surface area (Å²) in [7, 11) is -0.729. The van der Waals surface area contributed by atoms with E-state index in [0.29, 0.717) is 37.4 Å². The maximum Gasteiger partial charge on any atom is 0.246 e. The molecule has 1 saturated heterocycles. The molecule has 1 fully saturated rings. The number of fused-ring (bicyclic) bond motifs is 4. The lowest BCUT2D eigenvalue weighted by molar-refractivity contribution is 0.247. The molecule has 0 radical (unpaired) electrons. The zero-order valence-corrected chi connectivity index (χ0v) is 18.4. The van der Waals surface area contributed by atoms with E-state index in [-0.39, 0.29) is 10.4 Å².